The lowest BCUT2D eigenvalue weighted by molar-refractivity contribution is 0.330. The van der Waals surface area contributed by atoms with Gasteiger partial charge in [-0.15, -0.1) is 0 Å². The van der Waals surface area contributed by atoms with Gasteiger partial charge >= 0.3 is 0 Å². The molecule has 0 heterocycles. The van der Waals surface area contributed by atoms with E-state index >= 15 is 0 Å². The molecule has 0 amide bonds. The Hall–Kier alpha value is -1.28. The van der Waals surface area contributed by atoms with Crippen LogP contribution < -0.4 is 10.7 Å². The first-order valence-electron chi connectivity index (χ1n) is 4.35. The average Bonchev–Trinajstić information content (AvgIpc) is 2.16. The van der Waals surface area contributed by atoms with Crippen molar-refractivity contribution in [3.63, 3.8) is 0 Å². The third-order valence-corrected chi connectivity index (χ3v) is 2.06. The van der Waals surface area contributed by atoms with Gasteiger partial charge in [0, 0.05) is 5.56 Å². The molecule has 0 aliphatic rings. The van der Waals surface area contributed by atoms with Gasteiger partial charge in [-0.3, -0.25) is 0 Å². The van der Waals surface area contributed by atoms with Crippen molar-refractivity contribution >= 4 is 6.08 Å². The van der Waals surface area contributed by atoms with Gasteiger partial charge in [-0.1, -0.05) is 25.6 Å². The highest BCUT2D eigenvalue weighted by Gasteiger charge is 2.06. The highest BCUT2D eigenvalue weighted by Crippen LogP contribution is 2.26. The second-order valence-electron chi connectivity index (χ2n) is 3.02. The van der Waals surface area contributed by atoms with Crippen LogP contribution in [0.25, 0.3) is 6.08 Å². The van der Waals surface area contributed by atoms with E-state index in [0.29, 0.717) is 0 Å². The van der Waals surface area contributed by atoms with Gasteiger partial charge in [0.05, 0.1) is 0 Å². The topological polar surface area (TPSA) is 35.2 Å². The first kappa shape index (κ1) is 9.81. The molecule has 2 nitrogen and oxygen atoms in total. The molecule has 2 heteroatoms. The number of nitrogens with two attached hydrogens (primary N) is 1. The third kappa shape index (κ3) is 1.90. The van der Waals surface area contributed by atoms with E-state index in [1.165, 1.54) is 5.56 Å². The molecule has 2 N–H and O–H groups in total. The molecule has 0 fully saturated rings. The van der Waals surface area contributed by atoms with E-state index in [1.54, 1.807) is 6.08 Å². The van der Waals surface area contributed by atoms with Gasteiger partial charge in [0.1, 0.15) is 0 Å². The van der Waals surface area contributed by atoms with Gasteiger partial charge in [-0.05, 0) is 30.5 Å². The largest absolute Gasteiger partial charge is 0.411 e. The summed E-state index contributed by atoms with van der Waals surface area (Å²) in [7, 11) is 0. The molecule has 0 bridgehead atoms. The zero-order chi connectivity index (χ0) is 9.84. The first-order chi connectivity index (χ1) is 6.22. The number of rotatable bonds is 3. The molecule has 0 aromatic heterocycles. The molecule has 0 saturated carbocycles. The van der Waals surface area contributed by atoms with Gasteiger partial charge < -0.3 is 4.84 Å². The minimum Gasteiger partial charge on any atom is -0.411 e. The molecule has 13 heavy (non-hydrogen) atoms. The predicted molar refractivity (Wildman–Crippen MR) is 55.5 cm³/mol. The van der Waals surface area contributed by atoms with Crippen molar-refractivity contribution in [2.45, 2.75) is 20.3 Å². The molecular weight excluding hydrogens is 162 g/mol. The molecule has 0 spiro atoms. The lowest BCUT2D eigenvalue weighted by Crippen LogP contribution is -2.06. The standard InChI is InChI=1S/C11H15NO/c1-4-9-6-8(3)7-10(5-2)11(9)13-12/h4,6-7H,1,5,12H2,2-3H3. The number of hydrogen-bond donors (Lipinski definition) is 1. The van der Waals surface area contributed by atoms with E-state index < -0.39 is 0 Å². The van der Waals surface area contributed by atoms with Crippen LogP contribution in [0.2, 0.25) is 0 Å². The third-order valence-electron chi connectivity index (χ3n) is 2.06. The summed E-state index contributed by atoms with van der Waals surface area (Å²) in [6, 6.07) is 4.09. The van der Waals surface area contributed by atoms with Crippen LogP contribution in [-0.2, 0) is 6.42 Å². The molecule has 0 unspecified atom stereocenters. The van der Waals surface area contributed by atoms with Crippen LogP contribution in [0.3, 0.4) is 0 Å². The fraction of sp³-hybridized carbons (Fsp3) is 0.273. The summed E-state index contributed by atoms with van der Waals surface area (Å²) in [4.78, 5) is 4.84. The lowest BCUT2D eigenvalue weighted by Gasteiger charge is -2.10. The van der Waals surface area contributed by atoms with Gasteiger partial charge in [-0.25, -0.2) is 0 Å². The summed E-state index contributed by atoms with van der Waals surface area (Å²) in [6.07, 6.45) is 2.67. The Bertz CT molecular complexity index is 318. The Morgan fingerprint density at radius 2 is 2.23 bits per heavy atom. The van der Waals surface area contributed by atoms with Gasteiger partial charge in [-0.2, -0.15) is 5.90 Å². The molecule has 1 aromatic rings. The van der Waals surface area contributed by atoms with Gasteiger partial charge in [0.15, 0.2) is 5.75 Å². The summed E-state index contributed by atoms with van der Waals surface area (Å²) < 4.78 is 0. The highest BCUT2D eigenvalue weighted by molar-refractivity contribution is 5.60. The Balaban J connectivity index is 3.33. The minimum absolute atomic E-state index is 0.739. The average molecular weight is 177 g/mol. The van der Waals surface area contributed by atoms with Crippen molar-refractivity contribution in [1.29, 1.82) is 0 Å². The maximum Gasteiger partial charge on any atom is 0.157 e. The Labute approximate surface area is 79.0 Å². The zero-order valence-electron chi connectivity index (χ0n) is 8.13. The molecule has 0 aliphatic heterocycles. The van der Waals surface area contributed by atoms with Crippen LogP contribution in [0.4, 0.5) is 0 Å². The molecular formula is C11H15NO. The summed E-state index contributed by atoms with van der Waals surface area (Å²) in [6.45, 7) is 7.84. The van der Waals surface area contributed by atoms with Crippen LogP contribution in [0.5, 0.6) is 5.75 Å². The molecule has 0 aliphatic carbocycles. The summed E-state index contributed by atoms with van der Waals surface area (Å²) in [5.74, 6) is 5.94. The number of hydrogen-bond acceptors (Lipinski definition) is 2. The van der Waals surface area contributed by atoms with Crippen molar-refractivity contribution in [2.24, 2.45) is 5.90 Å². The van der Waals surface area contributed by atoms with E-state index in [2.05, 4.69) is 19.6 Å². The second kappa shape index (κ2) is 4.10. The van der Waals surface area contributed by atoms with Crippen molar-refractivity contribution in [2.75, 3.05) is 0 Å². The van der Waals surface area contributed by atoms with E-state index in [9.17, 15) is 0 Å². The minimum atomic E-state index is 0.739. The van der Waals surface area contributed by atoms with Crippen LogP contribution >= 0.6 is 0 Å². The van der Waals surface area contributed by atoms with E-state index in [0.717, 1.165) is 23.3 Å². The Morgan fingerprint density at radius 1 is 1.54 bits per heavy atom. The smallest absolute Gasteiger partial charge is 0.157 e. The summed E-state index contributed by atoms with van der Waals surface area (Å²) in [5.41, 5.74) is 3.28. The molecule has 0 saturated heterocycles. The van der Waals surface area contributed by atoms with Gasteiger partial charge in [0.25, 0.3) is 0 Å². The zero-order valence-corrected chi connectivity index (χ0v) is 8.13. The van der Waals surface area contributed by atoms with Crippen LogP contribution in [-0.4, -0.2) is 0 Å². The van der Waals surface area contributed by atoms with Gasteiger partial charge in [0.2, 0.25) is 0 Å². The van der Waals surface area contributed by atoms with Crippen LogP contribution in [0.1, 0.15) is 23.6 Å². The van der Waals surface area contributed by atoms with E-state index in [4.69, 9.17) is 10.7 Å². The maximum atomic E-state index is 5.20. The van der Waals surface area contributed by atoms with E-state index in [-0.39, 0.29) is 0 Å². The lowest BCUT2D eigenvalue weighted by atomic mass is 10.0. The highest BCUT2D eigenvalue weighted by atomic mass is 16.6. The normalized spacial score (nSPS) is 9.77. The number of benzene rings is 1. The first-order valence-corrected chi connectivity index (χ1v) is 4.35. The SMILES string of the molecule is C=Cc1cc(C)cc(CC)c1ON. The Kier molecular flexibility index (Phi) is 3.09. The van der Waals surface area contributed by atoms with Crippen molar-refractivity contribution in [3.8, 4) is 5.75 Å². The molecule has 0 radical (unpaired) electrons. The van der Waals surface area contributed by atoms with Crippen LogP contribution in [0.15, 0.2) is 18.7 Å². The fourth-order valence-corrected chi connectivity index (χ4v) is 1.44. The van der Waals surface area contributed by atoms with Crippen molar-refractivity contribution in [1.82, 2.24) is 0 Å². The van der Waals surface area contributed by atoms with Crippen molar-refractivity contribution < 1.29 is 4.84 Å². The number of aryl methyl sites for hydroxylation is 2. The molecule has 1 rings (SSSR count). The Morgan fingerprint density at radius 3 is 2.69 bits per heavy atom. The molecule has 1 aromatic carbocycles. The molecule has 70 valence electrons. The molecule has 0 atom stereocenters. The maximum absolute atomic E-state index is 5.20. The summed E-state index contributed by atoms with van der Waals surface area (Å²) in [5, 5.41) is 0. The predicted octanol–water partition coefficient (Wildman–Crippen LogP) is 2.45. The summed E-state index contributed by atoms with van der Waals surface area (Å²) >= 11 is 0. The second-order valence-corrected chi connectivity index (χ2v) is 3.02. The van der Waals surface area contributed by atoms with E-state index in [1.807, 2.05) is 13.0 Å². The fourth-order valence-electron chi connectivity index (χ4n) is 1.44. The monoisotopic (exact) mass is 177 g/mol. The van der Waals surface area contributed by atoms with Crippen LogP contribution in [0, 0.1) is 6.92 Å². The van der Waals surface area contributed by atoms with Crippen molar-refractivity contribution in [3.05, 3.63) is 35.4 Å². The quantitative estimate of drug-likeness (QED) is 0.720.